The Morgan fingerprint density at radius 3 is 2.50 bits per heavy atom. The normalized spacial score (nSPS) is 12.5. The molecule has 0 radical (unpaired) electrons. The van der Waals surface area contributed by atoms with Crippen LogP contribution in [0.3, 0.4) is 0 Å². The molecule has 1 atom stereocenters. The maximum atomic E-state index is 12.6. The standard InChI is InChI=1S/C17H16F3NO3/c18-17(19,20)14-8-4-7-13(9-14)15(22)10-21-16(23)24-11-12-5-2-1-3-6-12/h1-9,15,22H,10-11H2,(H,21,23). The zero-order valence-electron chi connectivity index (χ0n) is 12.6. The van der Waals surface area contributed by atoms with Crippen molar-refractivity contribution in [3.8, 4) is 0 Å². The fourth-order valence-electron chi connectivity index (χ4n) is 1.99. The predicted octanol–water partition coefficient (Wildman–Crippen LogP) is 3.67. The Kier molecular flexibility index (Phi) is 5.81. The van der Waals surface area contributed by atoms with Crippen molar-refractivity contribution in [3.63, 3.8) is 0 Å². The van der Waals surface area contributed by atoms with Crippen LogP contribution in [0.15, 0.2) is 54.6 Å². The molecule has 0 aromatic heterocycles. The fourth-order valence-corrected chi connectivity index (χ4v) is 1.99. The van der Waals surface area contributed by atoms with Gasteiger partial charge >= 0.3 is 12.3 Å². The van der Waals surface area contributed by atoms with Gasteiger partial charge in [-0.25, -0.2) is 4.79 Å². The van der Waals surface area contributed by atoms with Gasteiger partial charge in [-0.15, -0.1) is 0 Å². The van der Waals surface area contributed by atoms with E-state index in [-0.39, 0.29) is 18.7 Å². The van der Waals surface area contributed by atoms with Crippen LogP contribution in [0.1, 0.15) is 22.8 Å². The number of benzene rings is 2. The van der Waals surface area contributed by atoms with Crippen LogP contribution in [0.25, 0.3) is 0 Å². The third kappa shape index (κ3) is 5.27. The predicted molar refractivity (Wildman–Crippen MR) is 81.0 cm³/mol. The van der Waals surface area contributed by atoms with Gasteiger partial charge in [0, 0.05) is 0 Å². The van der Waals surface area contributed by atoms with E-state index in [1.807, 2.05) is 6.07 Å². The van der Waals surface area contributed by atoms with Crippen molar-refractivity contribution < 1.29 is 27.8 Å². The highest BCUT2D eigenvalue weighted by molar-refractivity contribution is 5.67. The van der Waals surface area contributed by atoms with Gasteiger partial charge in [-0.2, -0.15) is 13.2 Å². The van der Waals surface area contributed by atoms with Crippen LogP contribution in [0, 0.1) is 0 Å². The third-order valence-electron chi connectivity index (χ3n) is 3.25. The molecule has 2 rings (SSSR count). The number of amides is 1. The first-order chi connectivity index (χ1) is 11.4. The van der Waals surface area contributed by atoms with Crippen LogP contribution in [0.2, 0.25) is 0 Å². The molecular formula is C17H16F3NO3. The summed E-state index contributed by atoms with van der Waals surface area (Å²) in [5, 5.41) is 12.2. The number of alkyl carbamates (subject to hydrolysis) is 1. The van der Waals surface area contributed by atoms with Crippen LogP contribution >= 0.6 is 0 Å². The molecule has 128 valence electrons. The summed E-state index contributed by atoms with van der Waals surface area (Å²) in [5.74, 6) is 0. The molecule has 2 aromatic rings. The average Bonchev–Trinajstić information content (AvgIpc) is 2.58. The molecule has 7 heteroatoms. The lowest BCUT2D eigenvalue weighted by Crippen LogP contribution is -2.29. The highest BCUT2D eigenvalue weighted by atomic mass is 19.4. The van der Waals surface area contributed by atoms with Crippen molar-refractivity contribution in [2.75, 3.05) is 6.54 Å². The van der Waals surface area contributed by atoms with Crippen molar-refractivity contribution in [3.05, 3.63) is 71.3 Å². The molecule has 0 spiro atoms. The average molecular weight is 339 g/mol. The smallest absolute Gasteiger partial charge is 0.416 e. The zero-order valence-corrected chi connectivity index (χ0v) is 12.6. The van der Waals surface area contributed by atoms with Gasteiger partial charge in [-0.1, -0.05) is 42.5 Å². The Hall–Kier alpha value is -2.54. The van der Waals surface area contributed by atoms with Gasteiger partial charge in [0.2, 0.25) is 0 Å². The van der Waals surface area contributed by atoms with Crippen LogP contribution in [0.4, 0.5) is 18.0 Å². The molecule has 2 aromatic carbocycles. The number of hydrogen-bond acceptors (Lipinski definition) is 3. The van der Waals surface area contributed by atoms with Crippen LogP contribution in [0.5, 0.6) is 0 Å². The highest BCUT2D eigenvalue weighted by Gasteiger charge is 2.30. The van der Waals surface area contributed by atoms with E-state index in [1.54, 1.807) is 24.3 Å². The van der Waals surface area contributed by atoms with E-state index in [2.05, 4.69) is 5.32 Å². The molecule has 0 saturated carbocycles. The number of ether oxygens (including phenoxy) is 1. The molecule has 2 N–H and O–H groups in total. The number of aliphatic hydroxyl groups excluding tert-OH is 1. The number of alkyl halides is 3. The quantitative estimate of drug-likeness (QED) is 0.874. The topological polar surface area (TPSA) is 58.6 Å². The molecule has 24 heavy (non-hydrogen) atoms. The van der Waals surface area contributed by atoms with E-state index in [9.17, 15) is 23.1 Å². The van der Waals surface area contributed by atoms with E-state index in [0.29, 0.717) is 0 Å². The molecule has 0 aliphatic rings. The summed E-state index contributed by atoms with van der Waals surface area (Å²) >= 11 is 0. The Morgan fingerprint density at radius 1 is 1.12 bits per heavy atom. The minimum Gasteiger partial charge on any atom is -0.445 e. The summed E-state index contributed by atoms with van der Waals surface area (Å²) in [6, 6.07) is 13.3. The molecule has 4 nitrogen and oxygen atoms in total. The van der Waals surface area contributed by atoms with Gasteiger partial charge in [0.15, 0.2) is 0 Å². The van der Waals surface area contributed by atoms with E-state index in [1.165, 1.54) is 12.1 Å². The summed E-state index contributed by atoms with van der Waals surface area (Å²) in [7, 11) is 0. The van der Waals surface area contributed by atoms with E-state index >= 15 is 0 Å². The van der Waals surface area contributed by atoms with Crippen LogP contribution in [-0.4, -0.2) is 17.7 Å². The summed E-state index contributed by atoms with van der Waals surface area (Å²) in [6.45, 7) is -0.193. The summed E-state index contributed by atoms with van der Waals surface area (Å²) < 4.78 is 42.9. The minimum atomic E-state index is -4.49. The maximum absolute atomic E-state index is 12.6. The number of nitrogens with one attached hydrogen (secondary N) is 1. The third-order valence-corrected chi connectivity index (χ3v) is 3.25. The van der Waals surface area contributed by atoms with Crippen molar-refractivity contribution in [1.29, 1.82) is 0 Å². The molecule has 0 heterocycles. The van der Waals surface area contributed by atoms with Gasteiger partial charge in [-0.3, -0.25) is 0 Å². The number of carbonyl (C=O) groups is 1. The number of hydrogen-bond donors (Lipinski definition) is 2. The molecule has 0 aliphatic carbocycles. The SMILES string of the molecule is O=C(NCC(O)c1cccc(C(F)(F)F)c1)OCc1ccccc1. The largest absolute Gasteiger partial charge is 0.445 e. The fraction of sp³-hybridized carbons (Fsp3) is 0.235. The van der Waals surface area contributed by atoms with Gasteiger partial charge in [0.25, 0.3) is 0 Å². The van der Waals surface area contributed by atoms with Crippen molar-refractivity contribution in [2.45, 2.75) is 18.9 Å². The molecule has 0 bridgehead atoms. The Morgan fingerprint density at radius 2 is 1.83 bits per heavy atom. The van der Waals surface area contributed by atoms with Gasteiger partial charge in [0.05, 0.1) is 18.2 Å². The minimum absolute atomic E-state index is 0.0618. The van der Waals surface area contributed by atoms with Crippen molar-refractivity contribution in [1.82, 2.24) is 5.32 Å². The number of carbonyl (C=O) groups excluding carboxylic acids is 1. The monoisotopic (exact) mass is 339 g/mol. The van der Waals surface area contributed by atoms with Gasteiger partial charge in [0.1, 0.15) is 6.61 Å². The number of halogens is 3. The van der Waals surface area contributed by atoms with E-state index in [0.717, 1.165) is 17.7 Å². The van der Waals surface area contributed by atoms with Gasteiger partial charge in [-0.05, 0) is 23.3 Å². The first kappa shape index (κ1) is 17.8. The van der Waals surface area contributed by atoms with Gasteiger partial charge < -0.3 is 15.2 Å². The number of aliphatic hydroxyl groups is 1. The Bertz CT molecular complexity index is 674. The first-order valence-corrected chi connectivity index (χ1v) is 7.16. The lowest BCUT2D eigenvalue weighted by molar-refractivity contribution is -0.137. The summed E-state index contributed by atoms with van der Waals surface area (Å²) in [6.07, 6.45) is -6.51. The van der Waals surface area contributed by atoms with Crippen LogP contribution < -0.4 is 5.32 Å². The van der Waals surface area contributed by atoms with Crippen LogP contribution in [-0.2, 0) is 17.5 Å². The molecule has 0 saturated heterocycles. The molecule has 0 aliphatic heterocycles. The molecule has 1 unspecified atom stereocenters. The highest BCUT2D eigenvalue weighted by Crippen LogP contribution is 2.30. The van der Waals surface area contributed by atoms with E-state index in [4.69, 9.17) is 4.74 Å². The molecule has 1 amide bonds. The van der Waals surface area contributed by atoms with Crippen molar-refractivity contribution in [2.24, 2.45) is 0 Å². The lowest BCUT2D eigenvalue weighted by atomic mass is 10.1. The second-order valence-corrected chi connectivity index (χ2v) is 5.08. The molecular weight excluding hydrogens is 323 g/mol. The zero-order chi connectivity index (χ0) is 17.6. The lowest BCUT2D eigenvalue weighted by Gasteiger charge is -2.14. The Balaban J connectivity index is 1.84. The maximum Gasteiger partial charge on any atom is 0.416 e. The second-order valence-electron chi connectivity index (χ2n) is 5.08. The summed E-state index contributed by atoms with van der Waals surface area (Å²) in [4.78, 5) is 11.6. The molecule has 0 fully saturated rings. The second kappa shape index (κ2) is 7.83. The van der Waals surface area contributed by atoms with Crippen molar-refractivity contribution >= 4 is 6.09 Å². The Labute approximate surface area is 136 Å². The summed E-state index contributed by atoms with van der Waals surface area (Å²) in [5.41, 5.74) is 0.00460. The van der Waals surface area contributed by atoms with E-state index < -0.39 is 23.9 Å². The number of rotatable bonds is 5. The first-order valence-electron chi connectivity index (χ1n) is 7.16.